The SMILES string of the molecule is CCCCCC=C/C1=C(\C(C=CCCCCCC)(C=CCCCCCCC)C2=CCCCC2)C(C=CCCCCC)(C=CCCCCCC)CCCCC1. The van der Waals surface area contributed by atoms with Crippen LogP contribution < -0.4 is 0 Å². The second kappa shape index (κ2) is 32.3. The molecule has 2 atom stereocenters. The second-order valence-electron chi connectivity index (χ2n) is 17.3. The maximum Gasteiger partial charge on any atom is 0.0499 e. The molecule has 0 saturated carbocycles. The monoisotopic (exact) mass is 741 g/mol. The topological polar surface area (TPSA) is 0 Å². The van der Waals surface area contributed by atoms with E-state index in [0.29, 0.717) is 0 Å². The molecule has 2 rings (SSSR count). The van der Waals surface area contributed by atoms with E-state index in [4.69, 9.17) is 0 Å². The lowest BCUT2D eigenvalue weighted by Crippen LogP contribution is -2.35. The van der Waals surface area contributed by atoms with Crippen LogP contribution in [0.2, 0.25) is 0 Å². The third-order valence-corrected chi connectivity index (χ3v) is 12.3. The van der Waals surface area contributed by atoms with Gasteiger partial charge in [-0.05, 0) is 120 Å². The minimum atomic E-state index is -0.171. The summed E-state index contributed by atoms with van der Waals surface area (Å²) >= 11 is 0. The number of allylic oxidation sites excluding steroid dienone is 14. The van der Waals surface area contributed by atoms with Gasteiger partial charge >= 0.3 is 0 Å². The summed E-state index contributed by atoms with van der Waals surface area (Å²) in [5.74, 6) is 0. The average molecular weight is 741 g/mol. The van der Waals surface area contributed by atoms with Gasteiger partial charge in [0.25, 0.3) is 0 Å². The Morgan fingerprint density at radius 1 is 0.481 bits per heavy atom. The van der Waals surface area contributed by atoms with Gasteiger partial charge in [-0.1, -0.05) is 210 Å². The molecule has 0 spiro atoms. The van der Waals surface area contributed by atoms with E-state index in [9.17, 15) is 0 Å². The normalized spacial score (nSPS) is 21.5. The molecule has 0 nitrogen and oxygen atoms in total. The van der Waals surface area contributed by atoms with E-state index in [-0.39, 0.29) is 10.8 Å². The van der Waals surface area contributed by atoms with Crippen molar-refractivity contribution in [3.63, 3.8) is 0 Å². The van der Waals surface area contributed by atoms with Crippen molar-refractivity contribution in [3.05, 3.63) is 83.6 Å². The minimum Gasteiger partial charge on any atom is -0.0873 e. The summed E-state index contributed by atoms with van der Waals surface area (Å²) in [6.45, 7) is 11.7. The molecule has 0 heterocycles. The zero-order chi connectivity index (χ0) is 38.8. The maximum absolute atomic E-state index is 2.78. The van der Waals surface area contributed by atoms with Crippen molar-refractivity contribution in [2.75, 3.05) is 0 Å². The van der Waals surface area contributed by atoms with Crippen molar-refractivity contribution in [1.29, 1.82) is 0 Å². The summed E-state index contributed by atoms with van der Waals surface area (Å²) in [5.41, 5.74) is 4.85. The van der Waals surface area contributed by atoms with Crippen LogP contribution in [0.5, 0.6) is 0 Å². The van der Waals surface area contributed by atoms with Gasteiger partial charge in [0, 0.05) is 10.8 Å². The second-order valence-corrected chi connectivity index (χ2v) is 17.3. The van der Waals surface area contributed by atoms with Crippen molar-refractivity contribution in [2.45, 2.75) is 247 Å². The Labute approximate surface area is 339 Å². The molecular formula is C54H92. The summed E-state index contributed by atoms with van der Waals surface area (Å²) in [7, 11) is 0. The molecule has 0 fully saturated rings. The van der Waals surface area contributed by atoms with E-state index in [1.165, 1.54) is 212 Å². The minimum absolute atomic E-state index is 0.0726. The molecule has 308 valence electrons. The first-order valence-electron chi connectivity index (χ1n) is 24.4. The van der Waals surface area contributed by atoms with Crippen LogP contribution in [-0.2, 0) is 0 Å². The van der Waals surface area contributed by atoms with E-state index in [1.54, 1.807) is 16.7 Å². The fourth-order valence-corrected chi connectivity index (χ4v) is 9.10. The molecule has 2 unspecified atom stereocenters. The fraction of sp³-hybridized carbons (Fsp3) is 0.741. The number of hydrogen-bond donors (Lipinski definition) is 0. The Balaban J connectivity index is 2.97. The molecule has 0 N–H and O–H groups in total. The number of rotatable bonds is 31. The van der Waals surface area contributed by atoms with Crippen LogP contribution >= 0.6 is 0 Å². The number of unbranched alkanes of at least 4 members (excludes halogenated alkanes) is 19. The summed E-state index contributed by atoms with van der Waals surface area (Å²) in [5, 5.41) is 0. The highest BCUT2D eigenvalue weighted by Crippen LogP contribution is 2.56. The molecule has 2 aliphatic carbocycles. The molecule has 0 radical (unpaired) electrons. The van der Waals surface area contributed by atoms with Gasteiger partial charge in [-0.3, -0.25) is 0 Å². The van der Waals surface area contributed by atoms with Crippen LogP contribution in [0.15, 0.2) is 83.6 Å². The van der Waals surface area contributed by atoms with Crippen LogP contribution in [0.4, 0.5) is 0 Å². The Bertz CT molecular complexity index is 1120. The molecule has 0 aromatic rings. The van der Waals surface area contributed by atoms with Gasteiger partial charge in [0.15, 0.2) is 0 Å². The van der Waals surface area contributed by atoms with E-state index in [0.717, 1.165) is 0 Å². The van der Waals surface area contributed by atoms with Gasteiger partial charge in [0.2, 0.25) is 0 Å². The zero-order valence-corrected chi connectivity index (χ0v) is 37.2. The van der Waals surface area contributed by atoms with Crippen molar-refractivity contribution < 1.29 is 0 Å². The van der Waals surface area contributed by atoms with E-state index in [2.05, 4.69) is 101 Å². The quantitative estimate of drug-likeness (QED) is 0.0490. The van der Waals surface area contributed by atoms with Crippen molar-refractivity contribution in [3.8, 4) is 0 Å². The van der Waals surface area contributed by atoms with Gasteiger partial charge < -0.3 is 0 Å². The predicted molar refractivity (Wildman–Crippen MR) is 246 cm³/mol. The molecule has 0 aliphatic heterocycles. The van der Waals surface area contributed by atoms with Crippen LogP contribution in [0.3, 0.4) is 0 Å². The maximum atomic E-state index is 2.78. The summed E-state index contributed by atoms with van der Waals surface area (Å²) in [6, 6.07) is 0. The highest BCUT2D eigenvalue weighted by molar-refractivity contribution is 5.54. The van der Waals surface area contributed by atoms with Crippen molar-refractivity contribution in [1.82, 2.24) is 0 Å². The molecule has 2 aliphatic rings. The van der Waals surface area contributed by atoms with Gasteiger partial charge in [-0.15, -0.1) is 0 Å². The van der Waals surface area contributed by atoms with Gasteiger partial charge in [0.1, 0.15) is 0 Å². The molecule has 0 heteroatoms. The number of hydrogen-bond acceptors (Lipinski definition) is 0. The van der Waals surface area contributed by atoms with Crippen LogP contribution in [0.1, 0.15) is 247 Å². The van der Waals surface area contributed by atoms with E-state index >= 15 is 0 Å². The van der Waals surface area contributed by atoms with Crippen molar-refractivity contribution in [2.24, 2.45) is 10.8 Å². The highest BCUT2D eigenvalue weighted by Gasteiger charge is 2.45. The first-order valence-corrected chi connectivity index (χ1v) is 24.4. The molecular weight excluding hydrogens is 649 g/mol. The standard InChI is InChI=1S/C54H92/c1-6-11-16-21-24-29-40-49-54(51-43-34-30-35-44-51,48-39-28-23-18-13-8-3)52-50(41-32-25-19-14-9-4)42-33-31-38-47-53(52,45-36-26-20-15-10-5)46-37-27-22-17-12-7-2/h32,36-37,39-41,43,45-46,48-49H,6-31,33-35,38,42,44,47H2,1-5H3/b41-32?,45-36?,46-37?,48-39?,49-40?,52-50+. The van der Waals surface area contributed by atoms with E-state index < -0.39 is 0 Å². The predicted octanol–water partition coefficient (Wildman–Crippen LogP) is 19.0. The molecule has 54 heavy (non-hydrogen) atoms. The molecule has 0 amide bonds. The Hall–Kier alpha value is -1.82. The third-order valence-electron chi connectivity index (χ3n) is 12.3. The lowest BCUT2D eigenvalue weighted by atomic mass is 9.57. The van der Waals surface area contributed by atoms with Gasteiger partial charge in [-0.25, -0.2) is 0 Å². The first kappa shape index (κ1) is 48.3. The van der Waals surface area contributed by atoms with E-state index in [1.807, 2.05) is 0 Å². The lowest BCUT2D eigenvalue weighted by molar-refractivity contribution is 0.403. The average Bonchev–Trinajstić information content (AvgIpc) is 3.18. The van der Waals surface area contributed by atoms with Crippen LogP contribution in [-0.4, -0.2) is 0 Å². The third kappa shape index (κ3) is 18.9. The molecule has 0 aromatic heterocycles. The van der Waals surface area contributed by atoms with Crippen LogP contribution in [0.25, 0.3) is 0 Å². The molecule has 0 bridgehead atoms. The smallest absolute Gasteiger partial charge is 0.0499 e. The zero-order valence-electron chi connectivity index (χ0n) is 37.2. The van der Waals surface area contributed by atoms with Crippen LogP contribution in [0, 0.1) is 10.8 Å². The first-order chi connectivity index (χ1) is 26.6. The Morgan fingerprint density at radius 3 is 1.48 bits per heavy atom. The van der Waals surface area contributed by atoms with Crippen molar-refractivity contribution >= 4 is 0 Å². The Morgan fingerprint density at radius 2 is 0.944 bits per heavy atom. The molecule has 0 saturated heterocycles. The lowest BCUT2D eigenvalue weighted by Gasteiger charge is -2.46. The highest BCUT2D eigenvalue weighted by atomic mass is 14.5. The largest absolute Gasteiger partial charge is 0.0873 e. The fourth-order valence-electron chi connectivity index (χ4n) is 9.10. The summed E-state index contributed by atoms with van der Waals surface area (Å²) < 4.78 is 0. The summed E-state index contributed by atoms with van der Waals surface area (Å²) in [4.78, 5) is 0. The van der Waals surface area contributed by atoms with Gasteiger partial charge in [0.05, 0.1) is 0 Å². The van der Waals surface area contributed by atoms with Gasteiger partial charge in [-0.2, -0.15) is 0 Å². The Kier molecular flexibility index (Phi) is 28.9. The molecule has 0 aromatic carbocycles. The summed E-state index contributed by atoms with van der Waals surface area (Å²) in [6.07, 6.45) is 72.4.